The molecule has 2 N–H and O–H groups in total. The van der Waals surface area contributed by atoms with Crippen molar-refractivity contribution in [2.24, 2.45) is 0 Å². The summed E-state index contributed by atoms with van der Waals surface area (Å²) in [6.07, 6.45) is 0. The molecule has 1 aromatic carbocycles. The molecular formula is C18H19N7OS. The maximum absolute atomic E-state index is 6.18. The lowest BCUT2D eigenvalue weighted by Gasteiger charge is -2.04. The van der Waals surface area contributed by atoms with E-state index in [0.717, 1.165) is 28.4 Å². The summed E-state index contributed by atoms with van der Waals surface area (Å²) < 4.78 is 8.92. The molecule has 0 fully saturated rings. The van der Waals surface area contributed by atoms with Gasteiger partial charge in [0.1, 0.15) is 5.76 Å². The lowest BCUT2D eigenvalue weighted by Crippen LogP contribution is -2.17. The Balaban J connectivity index is 1.53. The van der Waals surface area contributed by atoms with E-state index < -0.39 is 0 Å². The number of nitrogens with zero attached hydrogens (tertiary/aromatic N) is 6. The molecule has 0 aliphatic rings. The van der Waals surface area contributed by atoms with Gasteiger partial charge in [-0.1, -0.05) is 30.0 Å². The number of thioether (sulfide) groups is 1. The number of oxazole rings is 1. The Morgan fingerprint density at radius 1 is 1.11 bits per heavy atom. The van der Waals surface area contributed by atoms with Gasteiger partial charge in [-0.2, -0.15) is 5.10 Å². The first-order valence-corrected chi connectivity index (χ1v) is 9.40. The third-order valence-electron chi connectivity index (χ3n) is 4.10. The molecule has 3 heterocycles. The number of nitrogen functional groups attached to an aromatic ring is 1. The Labute approximate surface area is 160 Å². The van der Waals surface area contributed by atoms with Crippen LogP contribution in [0, 0.1) is 20.8 Å². The van der Waals surface area contributed by atoms with Crippen molar-refractivity contribution in [3.8, 4) is 17.4 Å². The maximum atomic E-state index is 6.18. The Kier molecular flexibility index (Phi) is 4.44. The second-order valence-corrected chi connectivity index (χ2v) is 7.11. The fraction of sp³-hybridized carbons (Fsp3) is 0.222. The molecule has 27 heavy (non-hydrogen) atoms. The van der Waals surface area contributed by atoms with Crippen LogP contribution in [0.25, 0.3) is 17.4 Å². The fourth-order valence-electron chi connectivity index (χ4n) is 2.74. The lowest BCUT2D eigenvalue weighted by molar-refractivity contribution is 0.540. The zero-order chi connectivity index (χ0) is 19.0. The minimum Gasteiger partial charge on any atom is -0.441 e. The van der Waals surface area contributed by atoms with Crippen molar-refractivity contribution in [3.63, 3.8) is 0 Å². The zero-order valence-corrected chi connectivity index (χ0v) is 16.1. The van der Waals surface area contributed by atoms with Crippen molar-refractivity contribution in [2.45, 2.75) is 31.7 Å². The van der Waals surface area contributed by atoms with Crippen LogP contribution in [0.3, 0.4) is 0 Å². The van der Waals surface area contributed by atoms with E-state index in [1.54, 1.807) is 4.68 Å². The number of aryl methyl sites for hydroxylation is 3. The number of benzene rings is 1. The van der Waals surface area contributed by atoms with E-state index in [-0.39, 0.29) is 0 Å². The maximum Gasteiger partial charge on any atom is 0.271 e. The predicted molar refractivity (Wildman–Crippen MR) is 103 cm³/mol. The summed E-state index contributed by atoms with van der Waals surface area (Å²) in [5.74, 6) is 8.63. The van der Waals surface area contributed by atoms with Crippen LogP contribution in [-0.2, 0) is 5.75 Å². The van der Waals surface area contributed by atoms with Crippen molar-refractivity contribution < 1.29 is 4.42 Å². The topological polar surface area (TPSA) is 101 Å². The predicted octanol–water partition coefficient (Wildman–Crippen LogP) is 3.05. The second-order valence-electron chi connectivity index (χ2n) is 6.17. The van der Waals surface area contributed by atoms with Gasteiger partial charge in [0.05, 0.1) is 11.4 Å². The summed E-state index contributed by atoms with van der Waals surface area (Å²) in [4.78, 5) is 4.60. The number of aromatic nitrogens is 6. The Bertz CT molecular complexity index is 1080. The van der Waals surface area contributed by atoms with Crippen LogP contribution in [0.15, 0.2) is 46.0 Å². The van der Waals surface area contributed by atoms with Crippen LogP contribution in [0.5, 0.6) is 0 Å². The van der Waals surface area contributed by atoms with E-state index in [1.807, 2.05) is 57.2 Å². The van der Waals surface area contributed by atoms with E-state index in [4.69, 9.17) is 10.3 Å². The monoisotopic (exact) mass is 381 g/mol. The van der Waals surface area contributed by atoms with Gasteiger partial charge in [-0.3, -0.25) is 0 Å². The SMILES string of the molecule is Cc1cc(C)n(-c2nnc(SCc3nc(-c4ccccc4)oc3C)n2N)n1. The zero-order valence-electron chi connectivity index (χ0n) is 15.2. The molecule has 0 spiro atoms. The fourth-order valence-corrected chi connectivity index (χ4v) is 3.60. The molecule has 4 aromatic rings. The van der Waals surface area contributed by atoms with Crippen LogP contribution >= 0.6 is 11.8 Å². The molecule has 0 saturated carbocycles. The van der Waals surface area contributed by atoms with Crippen molar-refractivity contribution in [1.82, 2.24) is 29.6 Å². The van der Waals surface area contributed by atoms with Gasteiger partial charge in [-0.05, 0) is 39.0 Å². The van der Waals surface area contributed by atoms with E-state index in [2.05, 4.69) is 20.3 Å². The Morgan fingerprint density at radius 2 is 1.89 bits per heavy atom. The van der Waals surface area contributed by atoms with E-state index in [9.17, 15) is 0 Å². The molecule has 9 heteroatoms. The van der Waals surface area contributed by atoms with Crippen LogP contribution in [-0.4, -0.2) is 29.6 Å². The standard InChI is InChI=1S/C18H19N7OS/c1-11-9-12(2)25(23-11)17-21-22-18(24(17)19)27-10-15-13(3)26-16(20-15)14-7-5-4-6-8-14/h4-9H,10,19H2,1-3H3. The van der Waals surface area contributed by atoms with Gasteiger partial charge in [0.15, 0.2) is 0 Å². The van der Waals surface area contributed by atoms with Gasteiger partial charge in [0.2, 0.25) is 11.0 Å². The number of rotatable bonds is 5. The van der Waals surface area contributed by atoms with Crippen LogP contribution < -0.4 is 5.84 Å². The summed E-state index contributed by atoms with van der Waals surface area (Å²) in [5, 5.41) is 13.3. The quantitative estimate of drug-likeness (QED) is 0.419. The first-order valence-electron chi connectivity index (χ1n) is 8.41. The third kappa shape index (κ3) is 3.33. The smallest absolute Gasteiger partial charge is 0.271 e. The number of hydrogen-bond acceptors (Lipinski definition) is 7. The second kappa shape index (κ2) is 6.92. The molecule has 0 atom stereocenters. The molecule has 0 bridgehead atoms. The highest BCUT2D eigenvalue weighted by molar-refractivity contribution is 7.98. The van der Waals surface area contributed by atoms with Gasteiger partial charge in [0, 0.05) is 17.0 Å². The van der Waals surface area contributed by atoms with Gasteiger partial charge >= 0.3 is 0 Å². The first kappa shape index (κ1) is 17.3. The number of hydrogen-bond donors (Lipinski definition) is 1. The van der Waals surface area contributed by atoms with E-state index in [0.29, 0.717) is 22.7 Å². The first-order chi connectivity index (χ1) is 13.0. The number of nitrogens with two attached hydrogens (primary N) is 1. The molecule has 0 saturated heterocycles. The molecular weight excluding hydrogens is 362 g/mol. The molecule has 138 valence electrons. The summed E-state index contributed by atoms with van der Waals surface area (Å²) in [6, 6.07) is 11.8. The van der Waals surface area contributed by atoms with Crippen molar-refractivity contribution in [2.75, 3.05) is 5.84 Å². The Morgan fingerprint density at radius 3 is 2.59 bits per heavy atom. The van der Waals surface area contributed by atoms with Gasteiger partial charge in [-0.15, -0.1) is 10.2 Å². The normalized spacial score (nSPS) is 11.2. The van der Waals surface area contributed by atoms with E-state index >= 15 is 0 Å². The third-order valence-corrected chi connectivity index (χ3v) is 5.05. The molecule has 8 nitrogen and oxygen atoms in total. The summed E-state index contributed by atoms with van der Waals surface area (Å²) in [5.41, 5.74) is 3.65. The highest BCUT2D eigenvalue weighted by Gasteiger charge is 2.17. The average molecular weight is 381 g/mol. The van der Waals surface area contributed by atoms with Crippen molar-refractivity contribution >= 4 is 11.8 Å². The largest absolute Gasteiger partial charge is 0.441 e. The van der Waals surface area contributed by atoms with Gasteiger partial charge in [-0.25, -0.2) is 14.3 Å². The molecule has 0 aliphatic carbocycles. The summed E-state index contributed by atoms with van der Waals surface area (Å²) in [6.45, 7) is 5.78. The summed E-state index contributed by atoms with van der Waals surface area (Å²) >= 11 is 1.45. The van der Waals surface area contributed by atoms with E-state index in [1.165, 1.54) is 16.4 Å². The van der Waals surface area contributed by atoms with Gasteiger partial charge in [0.25, 0.3) is 5.95 Å². The lowest BCUT2D eigenvalue weighted by atomic mass is 10.2. The average Bonchev–Trinajstić information content (AvgIpc) is 3.31. The minimum absolute atomic E-state index is 0.477. The molecule has 4 rings (SSSR count). The Hall–Kier alpha value is -3.07. The van der Waals surface area contributed by atoms with Crippen LogP contribution in [0.2, 0.25) is 0 Å². The van der Waals surface area contributed by atoms with Crippen molar-refractivity contribution in [3.05, 3.63) is 59.2 Å². The van der Waals surface area contributed by atoms with Crippen molar-refractivity contribution in [1.29, 1.82) is 0 Å². The molecule has 3 aromatic heterocycles. The molecule has 0 aliphatic heterocycles. The molecule has 0 radical (unpaired) electrons. The summed E-state index contributed by atoms with van der Waals surface area (Å²) in [7, 11) is 0. The van der Waals surface area contributed by atoms with Crippen LogP contribution in [0.1, 0.15) is 22.8 Å². The minimum atomic E-state index is 0.477. The van der Waals surface area contributed by atoms with Crippen LogP contribution in [0.4, 0.5) is 0 Å². The molecule has 0 amide bonds. The molecule has 0 unspecified atom stereocenters. The highest BCUT2D eigenvalue weighted by Crippen LogP contribution is 2.27. The highest BCUT2D eigenvalue weighted by atomic mass is 32.2. The van der Waals surface area contributed by atoms with Gasteiger partial charge < -0.3 is 10.3 Å².